The second kappa shape index (κ2) is 8.33. The Bertz CT molecular complexity index is 974. The van der Waals surface area contributed by atoms with Gasteiger partial charge in [-0.15, -0.1) is 0 Å². The van der Waals surface area contributed by atoms with Crippen molar-refractivity contribution in [2.75, 3.05) is 6.61 Å². The average molecular weight is 420 g/mol. The minimum absolute atomic E-state index is 0.0682. The molecule has 0 spiro atoms. The highest BCUT2D eigenvalue weighted by atomic mass is 35.5. The zero-order valence-corrected chi connectivity index (χ0v) is 16.0. The maximum absolute atomic E-state index is 12.6. The molecule has 0 atom stereocenters. The SMILES string of the molecule is NC(=O)COc1ccc(/C=C2\NC(=O)N(Cc3ccc(Cl)c(Cl)c3)C2=O)cc1. The topological polar surface area (TPSA) is 102 Å². The molecule has 9 heteroatoms. The van der Waals surface area contributed by atoms with Gasteiger partial charge in [-0.05, 0) is 41.5 Å². The molecule has 1 aliphatic heterocycles. The van der Waals surface area contributed by atoms with Crippen LogP contribution in [0.4, 0.5) is 4.79 Å². The molecular weight excluding hydrogens is 405 g/mol. The second-order valence-corrected chi connectivity index (χ2v) is 6.77. The minimum atomic E-state index is -0.576. The number of benzene rings is 2. The quantitative estimate of drug-likeness (QED) is 0.554. The van der Waals surface area contributed by atoms with E-state index in [-0.39, 0.29) is 18.8 Å². The molecule has 4 amide bonds. The lowest BCUT2D eigenvalue weighted by atomic mass is 10.1. The van der Waals surface area contributed by atoms with E-state index < -0.39 is 17.8 Å². The fourth-order valence-corrected chi connectivity index (χ4v) is 2.84. The van der Waals surface area contributed by atoms with E-state index in [0.717, 1.165) is 4.90 Å². The van der Waals surface area contributed by atoms with E-state index in [0.29, 0.717) is 26.9 Å². The van der Waals surface area contributed by atoms with Crippen LogP contribution in [0.1, 0.15) is 11.1 Å². The van der Waals surface area contributed by atoms with Gasteiger partial charge in [-0.1, -0.05) is 41.4 Å². The van der Waals surface area contributed by atoms with Crippen molar-refractivity contribution in [2.24, 2.45) is 5.73 Å². The molecule has 3 rings (SSSR count). The molecule has 144 valence electrons. The molecule has 0 aliphatic carbocycles. The first-order chi connectivity index (χ1) is 13.3. The van der Waals surface area contributed by atoms with Crippen LogP contribution in [-0.2, 0) is 16.1 Å². The average Bonchev–Trinajstić information content (AvgIpc) is 2.91. The zero-order valence-electron chi connectivity index (χ0n) is 14.4. The van der Waals surface area contributed by atoms with Crippen LogP contribution in [-0.4, -0.2) is 29.4 Å². The Morgan fingerprint density at radius 1 is 1.11 bits per heavy atom. The molecule has 1 fully saturated rings. The molecule has 2 aromatic rings. The summed E-state index contributed by atoms with van der Waals surface area (Å²) in [6.07, 6.45) is 1.55. The van der Waals surface area contributed by atoms with E-state index in [1.165, 1.54) is 0 Å². The number of imide groups is 1. The highest BCUT2D eigenvalue weighted by Crippen LogP contribution is 2.24. The van der Waals surface area contributed by atoms with Crippen LogP contribution in [0.25, 0.3) is 6.08 Å². The van der Waals surface area contributed by atoms with Crippen molar-refractivity contribution in [3.63, 3.8) is 0 Å². The van der Waals surface area contributed by atoms with E-state index in [4.69, 9.17) is 33.7 Å². The summed E-state index contributed by atoms with van der Waals surface area (Å²) in [5, 5.41) is 3.29. The summed E-state index contributed by atoms with van der Waals surface area (Å²) in [5.74, 6) is -0.568. The number of nitrogens with one attached hydrogen (secondary N) is 1. The Morgan fingerprint density at radius 3 is 2.46 bits per heavy atom. The van der Waals surface area contributed by atoms with E-state index in [2.05, 4.69) is 5.32 Å². The predicted molar refractivity (Wildman–Crippen MR) is 105 cm³/mol. The van der Waals surface area contributed by atoms with Gasteiger partial charge in [-0.2, -0.15) is 0 Å². The van der Waals surface area contributed by atoms with Crippen molar-refractivity contribution in [1.82, 2.24) is 10.2 Å². The van der Waals surface area contributed by atoms with Gasteiger partial charge in [0.25, 0.3) is 11.8 Å². The number of amides is 4. The number of carbonyl (C=O) groups is 3. The first-order valence-corrected chi connectivity index (χ1v) is 8.89. The molecular formula is C19H15Cl2N3O4. The van der Waals surface area contributed by atoms with Gasteiger partial charge in [0.2, 0.25) is 0 Å². The van der Waals surface area contributed by atoms with Gasteiger partial charge in [0.1, 0.15) is 11.4 Å². The molecule has 28 heavy (non-hydrogen) atoms. The molecule has 2 aromatic carbocycles. The molecule has 0 bridgehead atoms. The Balaban J connectivity index is 1.71. The first kappa shape index (κ1) is 19.7. The van der Waals surface area contributed by atoms with Crippen molar-refractivity contribution in [3.05, 3.63) is 69.3 Å². The zero-order chi connectivity index (χ0) is 20.3. The molecule has 0 unspecified atom stereocenters. The number of halogens is 2. The van der Waals surface area contributed by atoms with Crippen LogP contribution >= 0.6 is 23.2 Å². The van der Waals surface area contributed by atoms with Gasteiger partial charge in [0, 0.05) is 0 Å². The molecule has 0 saturated carbocycles. The molecule has 1 aliphatic rings. The number of ether oxygens (including phenoxy) is 1. The second-order valence-electron chi connectivity index (χ2n) is 5.95. The number of nitrogens with zero attached hydrogens (tertiary/aromatic N) is 1. The summed E-state index contributed by atoms with van der Waals surface area (Å²) in [7, 11) is 0. The molecule has 0 aromatic heterocycles. The van der Waals surface area contributed by atoms with Gasteiger partial charge in [0.15, 0.2) is 6.61 Å². The lowest BCUT2D eigenvalue weighted by molar-refractivity contribution is -0.123. The Kier molecular flexibility index (Phi) is 5.87. The Labute approximate surface area is 170 Å². The van der Waals surface area contributed by atoms with Crippen molar-refractivity contribution < 1.29 is 19.1 Å². The van der Waals surface area contributed by atoms with Crippen LogP contribution in [0.15, 0.2) is 48.2 Å². The van der Waals surface area contributed by atoms with Gasteiger partial charge in [-0.3, -0.25) is 14.5 Å². The van der Waals surface area contributed by atoms with Crippen LogP contribution in [0.5, 0.6) is 5.75 Å². The fourth-order valence-electron chi connectivity index (χ4n) is 2.52. The third-order valence-electron chi connectivity index (χ3n) is 3.86. The van der Waals surface area contributed by atoms with E-state index in [1.807, 2.05) is 0 Å². The van der Waals surface area contributed by atoms with Crippen LogP contribution in [0.2, 0.25) is 10.0 Å². The highest BCUT2D eigenvalue weighted by molar-refractivity contribution is 6.42. The van der Waals surface area contributed by atoms with E-state index >= 15 is 0 Å². The van der Waals surface area contributed by atoms with Crippen LogP contribution in [0, 0.1) is 0 Å². The third-order valence-corrected chi connectivity index (χ3v) is 4.60. The monoisotopic (exact) mass is 419 g/mol. The molecule has 1 saturated heterocycles. The van der Waals surface area contributed by atoms with Gasteiger partial charge < -0.3 is 15.8 Å². The van der Waals surface area contributed by atoms with Crippen molar-refractivity contribution in [2.45, 2.75) is 6.54 Å². The summed E-state index contributed by atoms with van der Waals surface area (Å²) in [6, 6.07) is 11.0. The lowest BCUT2D eigenvalue weighted by Crippen LogP contribution is -2.30. The standard InChI is InChI=1S/C19H15Cl2N3O4/c20-14-6-3-12(7-15(14)21)9-24-18(26)16(23-19(24)27)8-11-1-4-13(5-2-11)28-10-17(22)25/h1-8H,9-10H2,(H2,22,25)(H,23,27)/b16-8-. The lowest BCUT2D eigenvalue weighted by Gasteiger charge is -2.12. The highest BCUT2D eigenvalue weighted by Gasteiger charge is 2.33. The smallest absolute Gasteiger partial charge is 0.329 e. The third kappa shape index (κ3) is 4.62. The Morgan fingerprint density at radius 2 is 1.82 bits per heavy atom. The predicted octanol–water partition coefficient (Wildman–Crippen LogP) is 2.95. The van der Waals surface area contributed by atoms with E-state index in [1.54, 1.807) is 48.5 Å². The number of urea groups is 1. The van der Waals surface area contributed by atoms with Gasteiger partial charge in [0.05, 0.1) is 16.6 Å². The Hall–Kier alpha value is -3.03. The summed E-state index contributed by atoms with van der Waals surface area (Å²) in [5.41, 5.74) is 6.52. The maximum Gasteiger partial charge on any atom is 0.329 e. The number of hydrogen-bond donors (Lipinski definition) is 2. The maximum atomic E-state index is 12.6. The minimum Gasteiger partial charge on any atom is -0.484 e. The van der Waals surface area contributed by atoms with Crippen molar-refractivity contribution >= 4 is 47.1 Å². The molecule has 7 nitrogen and oxygen atoms in total. The summed E-state index contributed by atoms with van der Waals surface area (Å²) in [4.78, 5) is 36.5. The number of hydrogen-bond acceptors (Lipinski definition) is 4. The molecule has 0 radical (unpaired) electrons. The van der Waals surface area contributed by atoms with Crippen LogP contribution < -0.4 is 15.8 Å². The number of carbonyl (C=O) groups excluding carboxylic acids is 3. The summed E-state index contributed by atoms with van der Waals surface area (Å²) >= 11 is 11.9. The summed E-state index contributed by atoms with van der Waals surface area (Å²) in [6.45, 7) is -0.155. The molecule has 3 N–H and O–H groups in total. The van der Waals surface area contributed by atoms with E-state index in [9.17, 15) is 14.4 Å². The molecule has 1 heterocycles. The largest absolute Gasteiger partial charge is 0.484 e. The van der Waals surface area contributed by atoms with Crippen LogP contribution in [0.3, 0.4) is 0 Å². The van der Waals surface area contributed by atoms with Gasteiger partial charge in [-0.25, -0.2) is 4.79 Å². The summed E-state index contributed by atoms with van der Waals surface area (Å²) < 4.78 is 5.17. The van der Waals surface area contributed by atoms with Crippen molar-refractivity contribution in [1.29, 1.82) is 0 Å². The van der Waals surface area contributed by atoms with Crippen molar-refractivity contribution in [3.8, 4) is 5.75 Å². The number of primary amides is 1. The first-order valence-electron chi connectivity index (χ1n) is 8.13. The number of nitrogens with two attached hydrogens (primary N) is 1. The normalized spacial score (nSPS) is 15.1. The number of rotatable bonds is 6. The van der Waals surface area contributed by atoms with Gasteiger partial charge >= 0.3 is 6.03 Å². The fraction of sp³-hybridized carbons (Fsp3) is 0.105.